The molecule has 19 heteroatoms. The molecule has 0 saturated carbocycles. The van der Waals surface area contributed by atoms with E-state index in [1.165, 1.54) is 11.8 Å². The Balaban J connectivity index is 2.22. The van der Waals surface area contributed by atoms with Crippen molar-refractivity contribution in [3.8, 4) is 0 Å². The molecule has 0 unspecified atom stereocenters. The number of hydrogen-bond donors (Lipinski definition) is 10. The molecule has 0 fully saturated rings. The van der Waals surface area contributed by atoms with Gasteiger partial charge in [0.1, 0.15) is 30.2 Å². The highest BCUT2D eigenvalue weighted by atomic mass is 32.2. The number of thioether (sulfide) groups is 1. The predicted molar refractivity (Wildman–Crippen MR) is 217 cm³/mol. The first-order valence-corrected chi connectivity index (χ1v) is 20.2. The number of benzene rings is 2. The smallest absolute Gasteiger partial charge is 0.305 e. The number of hydrogen-bond acceptors (Lipinski definition) is 11. The first-order valence-electron chi connectivity index (χ1n) is 18.8. The number of carbonyl (C=O) groups is 8. The van der Waals surface area contributed by atoms with E-state index in [9.17, 15) is 43.5 Å². The molecule has 318 valence electrons. The molecule has 0 aliphatic carbocycles. The minimum atomic E-state index is -1.59. The Labute approximate surface area is 341 Å². The Morgan fingerprint density at radius 2 is 1.16 bits per heavy atom. The van der Waals surface area contributed by atoms with Crippen molar-refractivity contribution in [2.45, 2.75) is 88.6 Å². The van der Waals surface area contributed by atoms with E-state index in [4.69, 9.17) is 16.6 Å². The number of aliphatic carboxylic acids is 1. The Morgan fingerprint density at radius 1 is 0.672 bits per heavy atom. The Kier molecular flexibility index (Phi) is 21.5. The average Bonchev–Trinajstić information content (AvgIpc) is 3.17. The Hall–Kier alpha value is -5.53. The first-order chi connectivity index (χ1) is 27.5. The largest absolute Gasteiger partial charge is 0.481 e. The van der Waals surface area contributed by atoms with E-state index in [0.29, 0.717) is 23.3 Å². The van der Waals surface area contributed by atoms with Crippen molar-refractivity contribution in [3.05, 3.63) is 71.8 Å². The lowest BCUT2D eigenvalue weighted by Gasteiger charge is -2.25. The summed E-state index contributed by atoms with van der Waals surface area (Å²) in [7, 11) is 0. The topological polar surface area (TPSA) is 301 Å². The summed E-state index contributed by atoms with van der Waals surface area (Å²) in [6.45, 7) is 2.66. The van der Waals surface area contributed by atoms with Crippen LogP contribution >= 0.6 is 11.8 Å². The van der Waals surface area contributed by atoms with E-state index in [2.05, 4.69) is 31.9 Å². The van der Waals surface area contributed by atoms with Crippen molar-refractivity contribution in [1.29, 1.82) is 0 Å². The molecule has 18 nitrogen and oxygen atoms in total. The van der Waals surface area contributed by atoms with Crippen molar-refractivity contribution in [1.82, 2.24) is 31.9 Å². The molecule has 0 aliphatic rings. The highest BCUT2D eigenvalue weighted by molar-refractivity contribution is 7.98. The summed E-state index contributed by atoms with van der Waals surface area (Å²) in [5.41, 5.74) is 12.4. The summed E-state index contributed by atoms with van der Waals surface area (Å²) in [6.07, 6.45) is 1.44. The zero-order valence-corrected chi connectivity index (χ0v) is 33.7. The van der Waals surface area contributed by atoms with Crippen LogP contribution in [0.2, 0.25) is 0 Å². The number of carboxylic acids is 1. The molecular formula is C39H56N8O10S. The lowest BCUT2D eigenvalue weighted by atomic mass is 10.0. The summed E-state index contributed by atoms with van der Waals surface area (Å²) in [5, 5.41) is 34.2. The van der Waals surface area contributed by atoms with Crippen LogP contribution in [-0.4, -0.2) is 119 Å². The summed E-state index contributed by atoms with van der Waals surface area (Å²) in [4.78, 5) is 102. The second-order valence-corrected chi connectivity index (χ2v) is 15.0. The molecule has 0 spiro atoms. The van der Waals surface area contributed by atoms with E-state index in [0.717, 1.165) is 0 Å². The number of aliphatic hydroxyl groups excluding tert-OH is 1. The number of rotatable bonds is 26. The average molecular weight is 829 g/mol. The standard InChI is InChI=1S/C39H56N8O10S/c1-23(2)18-28(37(55)44-27(34(41)52)15-17-58-3)43-32(49)14-16-42-36(54)29(19-24-10-6-4-7-11-24)45-38(56)30(20-25-12-8-5-9-13-25)46-39(57)31(22-48)47-35(53)26(40)21-33(50)51/h4-13,23,26-31,48H,14-22,40H2,1-3H3,(H2,41,52)(H,42,54)(H,43,49)(H,44,55)(H,45,56)(H,46,57)(H,47,53)(H,50,51)/t26-,27-,28-,29-,30-,31-/m0/s1. The van der Waals surface area contributed by atoms with Gasteiger partial charge in [0.15, 0.2) is 0 Å². The normalized spacial score (nSPS) is 14.0. The van der Waals surface area contributed by atoms with Crippen LogP contribution in [0, 0.1) is 5.92 Å². The Bertz CT molecular complexity index is 1680. The van der Waals surface area contributed by atoms with Crippen molar-refractivity contribution < 1.29 is 48.6 Å². The number of carbonyl (C=O) groups excluding carboxylic acids is 7. The van der Waals surface area contributed by atoms with Gasteiger partial charge in [0.05, 0.1) is 19.1 Å². The fraction of sp³-hybridized carbons (Fsp3) is 0.487. The van der Waals surface area contributed by atoms with Gasteiger partial charge >= 0.3 is 5.97 Å². The quantitative estimate of drug-likeness (QED) is 0.0518. The number of primary amides is 1. The molecule has 0 aliphatic heterocycles. The van der Waals surface area contributed by atoms with Gasteiger partial charge in [0.2, 0.25) is 41.4 Å². The van der Waals surface area contributed by atoms with Gasteiger partial charge in [0.25, 0.3) is 0 Å². The van der Waals surface area contributed by atoms with Crippen LogP contribution in [0.15, 0.2) is 60.7 Å². The number of amides is 7. The molecule has 58 heavy (non-hydrogen) atoms. The van der Waals surface area contributed by atoms with Gasteiger partial charge in [0, 0.05) is 25.8 Å². The maximum absolute atomic E-state index is 13.9. The van der Waals surface area contributed by atoms with Crippen LogP contribution < -0.4 is 43.4 Å². The molecule has 6 atom stereocenters. The minimum absolute atomic E-state index is 0.00206. The van der Waals surface area contributed by atoms with Crippen LogP contribution in [0.25, 0.3) is 0 Å². The minimum Gasteiger partial charge on any atom is -0.481 e. The van der Waals surface area contributed by atoms with Gasteiger partial charge in [-0.15, -0.1) is 0 Å². The fourth-order valence-corrected chi connectivity index (χ4v) is 6.07. The molecule has 2 aromatic carbocycles. The predicted octanol–water partition coefficient (Wildman–Crippen LogP) is -1.52. The first kappa shape index (κ1) is 48.6. The highest BCUT2D eigenvalue weighted by Crippen LogP contribution is 2.10. The molecule has 12 N–H and O–H groups in total. The van der Waals surface area contributed by atoms with E-state index in [1.54, 1.807) is 60.7 Å². The highest BCUT2D eigenvalue weighted by Gasteiger charge is 2.31. The molecule has 0 aromatic heterocycles. The second kappa shape index (κ2) is 25.7. The maximum Gasteiger partial charge on any atom is 0.305 e. The van der Waals surface area contributed by atoms with E-state index in [1.807, 2.05) is 20.1 Å². The van der Waals surface area contributed by atoms with Gasteiger partial charge in [-0.2, -0.15) is 11.8 Å². The molecule has 2 aromatic rings. The molecule has 0 radical (unpaired) electrons. The number of nitrogens with two attached hydrogens (primary N) is 2. The van der Waals surface area contributed by atoms with E-state index >= 15 is 0 Å². The summed E-state index contributed by atoms with van der Waals surface area (Å²) in [5.74, 6) is -5.99. The monoisotopic (exact) mass is 828 g/mol. The van der Waals surface area contributed by atoms with E-state index < -0.39 is 96.6 Å². The lowest BCUT2D eigenvalue weighted by Crippen LogP contribution is -2.59. The molecule has 0 saturated heterocycles. The van der Waals surface area contributed by atoms with Crippen LogP contribution in [0.3, 0.4) is 0 Å². The van der Waals surface area contributed by atoms with Crippen molar-refractivity contribution in [2.24, 2.45) is 17.4 Å². The van der Waals surface area contributed by atoms with Gasteiger partial charge in [-0.05, 0) is 41.9 Å². The fourth-order valence-electron chi connectivity index (χ4n) is 5.60. The number of nitrogens with one attached hydrogen (secondary N) is 6. The van der Waals surface area contributed by atoms with Crippen molar-refractivity contribution >= 4 is 59.1 Å². The molecule has 0 heterocycles. The van der Waals surface area contributed by atoms with Gasteiger partial charge in [-0.25, -0.2) is 0 Å². The zero-order chi connectivity index (χ0) is 43.2. The van der Waals surface area contributed by atoms with Crippen molar-refractivity contribution in [2.75, 3.05) is 25.2 Å². The van der Waals surface area contributed by atoms with Gasteiger partial charge < -0.3 is 53.6 Å². The maximum atomic E-state index is 13.9. The molecule has 7 amide bonds. The summed E-state index contributed by atoms with van der Waals surface area (Å²) < 4.78 is 0. The van der Waals surface area contributed by atoms with Gasteiger partial charge in [-0.1, -0.05) is 74.5 Å². The summed E-state index contributed by atoms with van der Waals surface area (Å²) >= 11 is 1.49. The Morgan fingerprint density at radius 3 is 1.64 bits per heavy atom. The van der Waals surface area contributed by atoms with Crippen LogP contribution in [0.5, 0.6) is 0 Å². The zero-order valence-electron chi connectivity index (χ0n) is 32.9. The van der Waals surface area contributed by atoms with Crippen LogP contribution in [-0.2, 0) is 51.2 Å². The van der Waals surface area contributed by atoms with Crippen LogP contribution in [0.1, 0.15) is 50.7 Å². The van der Waals surface area contributed by atoms with Gasteiger partial charge in [-0.3, -0.25) is 38.4 Å². The summed E-state index contributed by atoms with van der Waals surface area (Å²) in [6, 6.07) is 9.85. The third-order valence-corrected chi connectivity index (χ3v) is 9.30. The SMILES string of the molecule is CSCC[C@H](NC(=O)[C@H](CC(C)C)NC(=O)CCNC(=O)[C@H](Cc1ccccc1)NC(=O)[C@H](Cc1ccccc1)NC(=O)[C@H](CO)NC(=O)[C@@H](N)CC(=O)O)C(N)=O. The number of aliphatic hydroxyl groups is 1. The molecular weight excluding hydrogens is 773 g/mol. The van der Waals surface area contributed by atoms with Crippen LogP contribution in [0.4, 0.5) is 0 Å². The number of carboxylic acid groups (broad SMARTS) is 1. The lowest BCUT2D eigenvalue weighted by molar-refractivity contribution is -0.140. The molecule has 0 bridgehead atoms. The molecule has 2 rings (SSSR count). The van der Waals surface area contributed by atoms with Crippen molar-refractivity contribution in [3.63, 3.8) is 0 Å². The second-order valence-electron chi connectivity index (χ2n) is 14.0. The van der Waals surface area contributed by atoms with E-state index in [-0.39, 0.29) is 38.1 Å². The third-order valence-electron chi connectivity index (χ3n) is 8.66. The third kappa shape index (κ3) is 18.2.